The minimum absolute atomic E-state index is 0.0174. The fourth-order valence-corrected chi connectivity index (χ4v) is 4.35. The van der Waals surface area contributed by atoms with Gasteiger partial charge in [-0.05, 0) is 48.9 Å². The summed E-state index contributed by atoms with van der Waals surface area (Å²) in [6.45, 7) is 1.66. The summed E-state index contributed by atoms with van der Waals surface area (Å²) in [5.74, 6) is -1.32. The minimum Gasteiger partial charge on any atom is -0.406 e. The van der Waals surface area contributed by atoms with Gasteiger partial charge in [0, 0.05) is 22.6 Å². The van der Waals surface area contributed by atoms with Crippen LogP contribution in [0.1, 0.15) is 40.4 Å². The van der Waals surface area contributed by atoms with Crippen LogP contribution < -0.4 is 10.1 Å². The third kappa shape index (κ3) is 6.35. The molecule has 0 saturated carbocycles. The Bertz CT molecular complexity index is 1660. The van der Waals surface area contributed by atoms with Crippen molar-refractivity contribution in [1.29, 1.82) is 0 Å². The number of carbonyl (C=O) groups is 1. The van der Waals surface area contributed by atoms with E-state index in [2.05, 4.69) is 35.8 Å². The van der Waals surface area contributed by atoms with E-state index in [1.807, 2.05) is 0 Å². The molecule has 1 atom stereocenters. The number of amides is 1. The second kappa shape index (κ2) is 11.4. The van der Waals surface area contributed by atoms with Crippen LogP contribution in [0.3, 0.4) is 0 Å². The molecule has 0 aliphatic heterocycles. The quantitative estimate of drug-likeness (QED) is 0.222. The van der Waals surface area contributed by atoms with Crippen molar-refractivity contribution in [2.75, 3.05) is 0 Å². The molecular formula is C27H20ClF4N7O2. The van der Waals surface area contributed by atoms with Gasteiger partial charge < -0.3 is 10.1 Å². The fraction of sp³-hybridized carbons (Fsp3) is 0.148. The van der Waals surface area contributed by atoms with Gasteiger partial charge in [0.1, 0.15) is 17.3 Å². The molecule has 14 heteroatoms. The smallest absolute Gasteiger partial charge is 0.406 e. The van der Waals surface area contributed by atoms with Gasteiger partial charge in [0.25, 0.3) is 5.91 Å². The molecule has 5 rings (SSSR count). The summed E-state index contributed by atoms with van der Waals surface area (Å²) >= 11 is 6.11. The fourth-order valence-electron chi connectivity index (χ4n) is 4.22. The highest BCUT2D eigenvalue weighted by atomic mass is 35.5. The standard InChI is InChI=1S/C27H20ClF4N7O2/c1-15(16-8-12-19(13-9-16)41-27(30,31)32)33-26(40)24-20(14-23-34-37-38-35-23)25(17-6-10-18(28)11-7-17)39(36-24)22-5-3-2-4-21(22)29/h2-13,15H,14H2,1H3,(H,33,40)(H,34,35,37,38). The van der Waals surface area contributed by atoms with Crippen molar-refractivity contribution >= 4 is 17.5 Å². The largest absolute Gasteiger partial charge is 0.573 e. The zero-order chi connectivity index (χ0) is 29.1. The Balaban J connectivity index is 1.56. The number of H-pyrrole nitrogens is 1. The van der Waals surface area contributed by atoms with E-state index in [-0.39, 0.29) is 23.6 Å². The summed E-state index contributed by atoms with van der Waals surface area (Å²) in [6.07, 6.45) is -4.81. The molecular weight excluding hydrogens is 566 g/mol. The zero-order valence-electron chi connectivity index (χ0n) is 21.2. The highest BCUT2D eigenvalue weighted by molar-refractivity contribution is 6.30. The molecule has 9 nitrogen and oxygen atoms in total. The van der Waals surface area contributed by atoms with Crippen molar-refractivity contribution < 1.29 is 27.1 Å². The highest BCUT2D eigenvalue weighted by Crippen LogP contribution is 2.33. The van der Waals surface area contributed by atoms with Gasteiger partial charge in [0.2, 0.25) is 0 Å². The van der Waals surface area contributed by atoms with Gasteiger partial charge in [0.15, 0.2) is 11.5 Å². The molecule has 1 amide bonds. The van der Waals surface area contributed by atoms with Crippen LogP contribution in [0.25, 0.3) is 16.9 Å². The third-order valence-electron chi connectivity index (χ3n) is 6.08. The van der Waals surface area contributed by atoms with Gasteiger partial charge in [0.05, 0.1) is 11.7 Å². The number of hydrogen-bond donors (Lipinski definition) is 2. The van der Waals surface area contributed by atoms with Gasteiger partial charge >= 0.3 is 6.36 Å². The van der Waals surface area contributed by atoms with Gasteiger partial charge in [-0.15, -0.1) is 23.4 Å². The number of aromatic nitrogens is 6. The number of ether oxygens (including phenoxy) is 1. The number of tetrazole rings is 1. The second-order valence-corrected chi connectivity index (χ2v) is 9.30. The lowest BCUT2D eigenvalue weighted by Crippen LogP contribution is -2.28. The first-order chi connectivity index (χ1) is 19.6. The SMILES string of the molecule is CC(NC(=O)c1nn(-c2ccccc2F)c(-c2ccc(Cl)cc2)c1Cc1nn[nH]n1)c1ccc(OC(F)(F)F)cc1. The van der Waals surface area contributed by atoms with E-state index >= 15 is 4.39 Å². The van der Waals surface area contributed by atoms with E-state index < -0.39 is 29.9 Å². The number of nitrogens with one attached hydrogen (secondary N) is 2. The number of hydrogen-bond acceptors (Lipinski definition) is 6. The number of halogens is 5. The highest BCUT2D eigenvalue weighted by Gasteiger charge is 2.31. The molecule has 0 radical (unpaired) electrons. The first-order valence-corrected chi connectivity index (χ1v) is 12.5. The van der Waals surface area contributed by atoms with E-state index in [1.165, 1.54) is 35.0 Å². The number of benzene rings is 3. The molecule has 0 saturated heterocycles. The van der Waals surface area contributed by atoms with E-state index in [0.717, 1.165) is 12.1 Å². The van der Waals surface area contributed by atoms with Crippen molar-refractivity contribution in [2.45, 2.75) is 25.7 Å². The molecule has 0 spiro atoms. The predicted octanol–water partition coefficient (Wildman–Crippen LogP) is 5.83. The Morgan fingerprint density at radius 2 is 1.78 bits per heavy atom. The van der Waals surface area contributed by atoms with Crippen LogP contribution in [0, 0.1) is 5.82 Å². The lowest BCUT2D eigenvalue weighted by Gasteiger charge is -2.15. The van der Waals surface area contributed by atoms with Crippen molar-refractivity contribution in [3.63, 3.8) is 0 Å². The van der Waals surface area contributed by atoms with Crippen LogP contribution in [-0.4, -0.2) is 42.7 Å². The number of aromatic amines is 1. The molecule has 3 aromatic carbocycles. The summed E-state index contributed by atoms with van der Waals surface area (Å²) in [4.78, 5) is 13.7. The molecule has 41 heavy (non-hydrogen) atoms. The van der Waals surface area contributed by atoms with E-state index in [4.69, 9.17) is 11.6 Å². The summed E-state index contributed by atoms with van der Waals surface area (Å²) in [7, 11) is 0. The molecule has 0 bridgehead atoms. The van der Waals surface area contributed by atoms with Crippen LogP contribution in [0.4, 0.5) is 17.6 Å². The van der Waals surface area contributed by atoms with Crippen molar-refractivity contribution in [2.24, 2.45) is 0 Å². The maximum Gasteiger partial charge on any atom is 0.573 e. The Hall–Kier alpha value is -4.78. The number of para-hydroxylation sites is 1. The van der Waals surface area contributed by atoms with Crippen LogP contribution in [0.15, 0.2) is 72.8 Å². The normalized spacial score (nSPS) is 12.2. The molecule has 2 N–H and O–H groups in total. The van der Waals surface area contributed by atoms with E-state index in [9.17, 15) is 18.0 Å². The average Bonchev–Trinajstić information content (AvgIpc) is 3.57. The molecule has 2 aromatic heterocycles. The van der Waals surface area contributed by atoms with Gasteiger partial charge in [-0.2, -0.15) is 10.3 Å². The first kappa shape index (κ1) is 27.8. The van der Waals surface area contributed by atoms with Gasteiger partial charge in [-0.1, -0.05) is 53.2 Å². The Morgan fingerprint density at radius 3 is 2.41 bits per heavy atom. The maximum atomic E-state index is 15.0. The second-order valence-electron chi connectivity index (χ2n) is 8.86. The first-order valence-electron chi connectivity index (χ1n) is 12.1. The minimum atomic E-state index is -4.82. The molecule has 5 aromatic rings. The topological polar surface area (TPSA) is 111 Å². The molecule has 0 aliphatic carbocycles. The van der Waals surface area contributed by atoms with Crippen LogP contribution in [-0.2, 0) is 6.42 Å². The molecule has 0 aliphatic rings. The van der Waals surface area contributed by atoms with Gasteiger partial charge in [-0.3, -0.25) is 4.79 Å². The molecule has 1 unspecified atom stereocenters. The van der Waals surface area contributed by atoms with Crippen LogP contribution in [0.5, 0.6) is 5.75 Å². The Morgan fingerprint density at radius 1 is 1.07 bits per heavy atom. The third-order valence-corrected chi connectivity index (χ3v) is 6.33. The zero-order valence-corrected chi connectivity index (χ0v) is 21.9. The molecule has 0 fully saturated rings. The van der Waals surface area contributed by atoms with Crippen molar-refractivity contribution in [3.8, 4) is 22.7 Å². The molecule has 2 heterocycles. The number of alkyl halides is 3. The van der Waals surface area contributed by atoms with Crippen LogP contribution >= 0.6 is 11.6 Å². The summed E-state index contributed by atoms with van der Waals surface area (Å²) in [5, 5.41) is 21.8. The van der Waals surface area contributed by atoms with E-state index in [0.29, 0.717) is 27.4 Å². The summed E-state index contributed by atoms with van der Waals surface area (Å²) in [5.41, 5.74) is 1.96. The Kier molecular flexibility index (Phi) is 7.70. The average molecular weight is 586 g/mol. The summed E-state index contributed by atoms with van der Waals surface area (Å²) < 4.78 is 57.8. The number of carbonyl (C=O) groups excluding carboxylic acids is 1. The Labute approximate surface area is 235 Å². The predicted molar refractivity (Wildman–Crippen MR) is 140 cm³/mol. The van der Waals surface area contributed by atoms with E-state index in [1.54, 1.807) is 37.3 Å². The molecule has 210 valence electrons. The number of nitrogens with zero attached hydrogens (tertiary/aromatic N) is 5. The lowest BCUT2D eigenvalue weighted by atomic mass is 10.0. The van der Waals surface area contributed by atoms with Crippen molar-refractivity contribution in [1.82, 2.24) is 35.7 Å². The van der Waals surface area contributed by atoms with Crippen molar-refractivity contribution in [3.05, 3.63) is 106 Å². The summed E-state index contributed by atoms with van der Waals surface area (Å²) in [6, 6.07) is 17.2. The monoisotopic (exact) mass is 585 g/mol. The van der Waals surface area contributed by atoms with Gasteiger partial charge in [-0.25, -0.2) is 9.07 Å². The lowest BCUT2D eigenvalue weighted by molar-refractivity contribution is -0.274. The van der Waals surface area contributed by atoms with Crippen LogP contribution in [0.2, 0.25) is 5.02 Å². The number of rotatable bonds is 8. The maximum absolute atomic E-state index is 15.0.